The summed E-state index contributed by atoms with van der Waals surface area (Å²) in [5.74, 6) is 2.43. The zero-order chi connectivity index (χ0) is 16.2. The van der Waals surface area contributed by atoms with Gasteiger partial charge in [-0.3, -0.25) is 9.69 Å². The molecule has 0 radical (unpaired) electrons. The van der Waals surface area contributed by atoms with Crippen molar-refractivity contribution in [3.8, 4) is 12.3 Å². The number of benzene rings is 1. The van der Waals surface area contributed by atoms with E-state index in [9.17, 15) is 4.79 Å². The number of terminal acetylenes is 1. The summed E-state index contributed by atoms with van der Waals surface area (Å²) in [6.45, 7) is 5.67. The molecule has 1 saturated heterocycles. The molecule has 0 bridgehead atoms. The summed E-state index contributed by atoms with van der Waals surface area (Å²) >= 11 is 1.73. The van der Waals surface area contributed by atoms with Crippen molar-refractivity contribution in [3.05, 3.63) is 24.3 Å². The molecule has 1 aromatic carbocycles. The minimum absolute atomic E-state index is 0.00335. The predicted octanol–water partition coefficient (Wildman–Crippen LogP) is 1.56. The maximum absolute atomic E-state index is 12.0. The number of amides is 1. The van der Waals surface area contributed by atoms with Gasteiger partial charge in [-0.25, -0.2) is 4.98 Å². The highest BCUT2D eigenvalue weighted by atomic mass is 32.1. The molecule has 0 spiro atoms. The lowest BCUT2D eigenvalue weighted by Gasteiger charge is -2.37. The van der Waals surface area contributed by atoms with Crippen LogP contribution in [0.3, 0.4) is 0 Å². The van der Waals surface area contributed by atoms with E-state index in [0.29, 0.717) is 0 Å². The minimum Gasteiger partial charge on any atom is -0.345 e. The predicted molar refractivity (Wildman–Crippen MR) is 94.7 cm³/mol. The summed E-state index contributed by atoms with van der Waals surface area (Å²) in [6.07, 6.45) is 5.18. The van der Waals surface area contributed by atoms with Crippen LogP contribution < -0.4 is 10.2 Å². The Kier molecular flexibility index (Phi) is 4.79. The molecule has 1 N–H and O–H groups in total. The minimum atomic E-state index is -0.152. The molecule has 3 rings (SSSR count). The summed E-state index contributed by atoms with van der Waals surface area (Å²) < 4.78 is 1.21. The Balaban J connectivity index is 1.60. The topological polar surface area (TPSA) is 48.5 Å². The van der Waals surface area contributed by atoms with Crippen LogP contribution in [0.15, 0.2) is 24.3 Å². The first-order valence-corrected chi connectivity index (χ1v) is 8.56. The normalized spacial score (nSPS) is 17.0. The van der Waals surface area contributed by atoms with E-state index in [-0.39, 0.29) is 18.5 Å². The number of para-hydroxylation sites is 1. The number of aromatic nitrogens is 1. The van der Waals surface area contributed by atoms with E-state index in [0.717, 1.165) is 36.8 Å². The highest BCUT2D eigenvalue weighted by Gasteiger charge is 2.26. The van der Waals surface area contributed by atoms with Crippen LogP contribution in [0.4, 0.5) is 5.13 Å². The number of nitrogens with zero attached hydrogens (tertiary/aromatic N) is 3. The number of thiazole rings is 1. The fourth-order valence-corrected chi connectivity index (χ4v) is 3.76. The van der Waals surface area contributed by atoms with E-state index in [1.807, 2.05) is 25.1 Å². The zero-order valence-electron chi connectivity index (χ0n) is 13.2. The third kappa shape index (κ3) is 3.46. The van der Waals surface area contributed by atoms with Crippen LogP contribution in [0.2, 0.25) is 0 Å². The van der Waals surface area contributed by atoms with Gasteiger partial charge in [0, 0.05) is 26.2 Å². The molecule has 23 heavy (non-hydrogen) atoms. The highest BCUT2D eigenvalue weighted by molar-refractivity contribution is 7.22. The van der Waals surface area contributed by atoms with Crippen molar-refractivity contribution in [1.29, 1.82) is 0 Å². The number of carbonyl (C=O) groups excluding carboxylic acids is 1. The fraction of sp³-hybridized carbons (Fsp3) is 0.412. The van der Waals surface area contributed by atoms with Crippen molar-refractivity contribution in [2.45, 2.75) is 13.0 Å². The van der Waals surface area contributed by atoms with Gasteiger partial charge in [0.05, 0.1) is 22.8 Å². The smallest absolute Gasteiger partial charge is 0.237 e. The van der Waals surface area contributed by atoms with Crippen LogP contribution in [-0.2, 0) is 4.79 Å². The number of carbonyl (C=O) groups is 1. The lowest BCUT2D eigenvalue weighted by molar-refractivity contribution is -0.125. The van der Waals surface area contributed by atoms with Crippen LogP contribution in [0.5, 0.6) is 0 Å². The molecule has 2 aromatic rings. The molecule has 6 heteroatoms. The Morgan fingerprint density at radius 2 is 2.13 bits per heavy atom. The Morgan fingerprint density at radius 3 is 2.83 bits per heavy atom. The van der Waals surface area contributed by atoms with E-state index in [1.54, 1.807) is 11.3 Å². The van der Waals surface area contributed by atoms with Crippen molar-refractivity contribution in [1.82, 2.24) is 15.2 Å². The number of hydrogen-bond donors (Lipinski definition) is 1. The highest BCUT2D eigenvalue weighted by Crippen LogP contribution is 2.29. The van der Waals surface area contributed by atoms with Crippen LogP contribution in [0.1, 0.15) is 6.92 Å². The molecular formula is C17H20N4OS. The molecule has 0 unspecified atom stereocenters. The fourth-order valence-electron chi connectivity index (χ4n) is 2.75. The van der Waals surface area contributed by atoms with Gasteiger partial charge in [0.15, 0.2) is 5.13 Å². The lowest BCUT2D eigenvalue weighted by atomic mass is 10.2. The van der Waals surface area contributed by atoms with Gasteiger partial charge in [0.1, 0.15) is 0 Å². The molecule has 0 aliphatic carbocycles. The molecule has 1 fully saturated rings. The number of anilines is 1. The summed E-state index contributed by atoms with van der Waals surface area (Å²) in [5, 5.41) is 3.81. The largest absolute Gasteiger partial charge is 0.345 e. The van der Waals surface area contributed by atoms with Gasteiger partial charge >= 0.3 is 0 Å². The summed E-state index contributed by atoms with van der Waals surface area (Å²) in [5.41, 5.74) is 1.05. The summed E-state index contributed by atoms with van der Waals surface area (Å²) in [4.78, 5) is 21.2. The van der Waals surface area contributed by atoms with Crippen LogP contribution >= 0.6 is 11.3 Å². The lowest BCUT2D eigenvalue weighted by Crippen LogP contribution is -2.54. The molecule has 120 valence electrons. The average molecular weight is 328 g/mol. The van der Waals surface area contributed by atoms with Gasteiger partial charge in [0.2, 0.25) is 5.91 Å². The molecule has 5 nitrogen and oxygen atoms in total. The van der Waals surface area contributed by atoms with Gasteiger partial charge in [-0.05, 0) is 19.1 Å². The standard InChI is InChI=1S/C17H20N4OS/c1-3-8-18-16(22)13(2)20-9-11-21(12-10-20)17-19-14-6-4-5-7-15(14)23-17/h1,4-7,13H,8-12H2,2H3,(H,18,22)/t13-/m1/s1. The summed E-state index contributed by atoms with van der Waals surface area (Å²) in [6, 6.07) is 8.05. The Bertz CT molecular complexity index is 695. The molecule has 2 heterocycles. The Hall–Kier alpha value is -2.10. The first-order chi connectivity index (χ1) is 11.2. The molecule has 1 aliphatic rings. The third-order valence-electron chi connectivity index (χ3n) is 4.16. The molecule has 1 atom stereocenters. The van der Waals surface area contributed by atoms with Gasteiger partial charge < -0.3 is 10.2 Å². The third-order valence-corrected chi connectivity index (χ3v) is 5.26. The van der Waals surface area contributed by atoms with Crippen molar-refractivity contribution < 1.29 is 4.79 Å². The van der Waals surface area contributed by atoms with E-state index in [2.05, 4.69) is 27.1 Å². The number of piperazine rings is 1. The van der Waals surface area contributed by atoms with Gasteiger partial charge in [-0.2, -0.15) is 0 Å². The number of fused-ring (bicyclic) bond motifs is 1. The number of rotatable bonds is 4. The monoisotopic (exact) mass is 328 g/mol. The quantitative estimate of drug-likeness (QED) is 0.866. The zero-order valence-corrected chi connectivity index (χ0v) is 14.0. The first kappa shape index (κ1) is 15.8. The van der Waals surface area contributed by atoms with Crippen LogP contribution in [0.25, 0.3) is 10.2 Å². The second kappa shape index (κ2) is 6.99. The van der Waals surface area contributed by atoms with Crippen molar-refractivity contribution in [3.63, 3.8) is 0 Å². The van der Waals surface area contributed by atoms with Crippen molar-refractivity contribution in [2.24, 2.45) is 0 Å². The van der Waals surface area contributed by atoms with Crippen LogP contribution in [0, 0.1) is 12.3 Å². The van der Waals surface area contributed by atoms with Crippen LogP contribution in [-0.4, -0.2) is 54.6 Å². The van der Waals surface area contributed by atoms with E-state index in [1.165, 1.54) is 4.70 Å². The van der Waals surface area contributed by atoms with E-state index < -0.39 is 0 Å². The number of nitrogens with one attached hydrogen (secondary N) is 1. The molecule has 1 aromatic heterocycles. The van der Waals surface area contributed by atoms with Gasteiger partial charge in [-0.1, -0.05) is 29.4 Å². The summed E-state index contributed by atoms with van der Waals surface area (Å²) in [7, 11) is 0. The molecule has 1 aliphatic heterocycles. The average Bonchev–Trinajstić information content (AvgIpc) is 3.03. The second-order valence-corrected chi connectivity index (χ2v) is 6.59. The second-order valence-electron chi connectivity index (χ2n) is 5.59. The van der Waals surface area contributed by atoms with Crippen molar-refractivity contribution in [2.75, 3.05) is 37.6 Å². The molecule has 0 saturated carbocycles. The maximum Gasteiger partial charge on any atom is 0.237 e. The van der Waals surface area contributed by atoms with Gasteiger partial charge in [-0.15, -0.1) is 6.42 Å². The van der Waals surface area contributed by atoms with E-state index in [4.69, 9.17) is 11.4 Å². The van der Waals surface area contributed by atoms with E-state index >= 15 is 0 Å². The number of hydrogen-bond acceptors (Lipinski definition) is 5. The molecule has 1 amide bonds. The van der Waals surface area contributed by atoms with Gasteiger partial charge in [0.25, 0.3) is 0 Å². The Labute approximate surface area is 140 Å². The van der Waals surface area contributed by atoms with Crippen molar-refractivity contribution >= 4 is 32.6 Å². The Morgan fingerprint density at radius 1 is 1.39 bits per heavy atom. The maximum atomic E-state index is 12.0. The molecular weight excluding hydrogens is 308 g/mol. The SMILES string of the molecule is C#CCNC(=O)[C@@H](C)N1CCN(c2nc3ccccc3s2)CC1. The first-order valence-electron chi connectivity index (χ1n) is 7.75.